The second-order valence-corrected chi connectivity index (χ2v) is 7.74. The van der Waals surface area contributed by atoms with Crippen LogP contribution in [-0.2, 0) is 6.54 Å². The maximum Gasteiger partial charge on any atom is 0.0755 e. The fraction of sp³-hybridized carbons (Fsp3) is 0.636. The van der Waals surface area contributed by atoms with E-state index in [0.717, 1.165) is 19.6 Å². The lowest BCUT2D eigenvalue weighted by Gasteiger charge is -2.08. The highest BCUT2D eigenvalue weighted by molar-refractivity contribution is 9.12. The third kappa shape index (κ3) is 5.77. The lowest BCUT2D eigenvalue weighted by Crippen LogP contribution is -2.26. The second kappa shape index (κ2) is 7.82. The van der Waals surface area contributed by atoms with E-state index in [1.54, 1.807) is 11.3 Å². The van der Waals surface area contributed by atoms with E-state index < -0.39 is 0 Å². The molecule has 0 bridgehead atoms. The van der Waals surface area contributed by atoms with Crippen LogP contribution in [0.2, 0.25) is 0 Å². The molecular formula is C11H18Br2N2S. The Kier molecular flexibility index (Phi) is 7.16. The quantitative estimate of drug-likeness (QED) is 0.715. The molecule has 0 saturated carbocycles. The summed E-state index contributed by atoms with van der Waals surface area (Å²) in [5.74, 6) is 0. The molecule has 0 atom stereocenters. The Bertz CT molecular complexity index is 313. The van der Waals surface area contributed by atoms with Gasteiger partial charge < -0.3 is 10.6 Å². The molecule has 0 spiro atoms. The van der Waals surface area contributed by atoms with Crippen LogP contribution in [0, 0.1) is 0 Å². The van der Waals surface area contributed by atoms with Crippen LogP contribution < -0.4 is 10.6 Å². The van der Waals surface area contributed by atoms with Gasteiger partial charge in [-0.2, -0.15) is 0 Å². The van der Waals surface area contributed by atoms with E-state index in [9.17, 15) is 0 Å². The van der Waals surface area contributed by atoms with Crippen molar-refractivity contribution in [3.63, 3.8) is 0 Å². The van der Waals surface area contributed by atoms with Gasteiger partial charge in [0, 0.05) is 12.6 Å². The molecular weight excluding hydrogens is 352 g/mol. The van der Waals surface area contributed by atoms with Gasteiger partial charge in [0.25, 0.3) is 0 Å². The molecule has 0 aliphatic carbocycles. The summed E-state index contributed by atoms with van der Waals surface area (Å²) < 4.78 is 2.39. The average molecular weight is 370 g/mol. The zero-order chi connectivity index (χ0) is 12.0. The van der Waals surface area contributed by atoms with E-state index in [2.05, 4.69) is 62.4 Å². The van der Waals surface area contributed by atoms with Gasteiger partial charge in [0.2, 0.25) is 0 Å². The van der Waals surface area contributed by atoms with E-state index in [1.165, 1.54) is 19.6 Å². The van der Waals surface area contributed by atoms with Gasteiger partial charge in [-0.1, -0.05) is 13.8 Å². The molecule has 0 aliphatic rings. The van der Waals surface area contributed by atoms with Crippen LogP contribution >= 0.6 is 43.2 Å². The number of hydrogen-bond acceptors (Lipinski definition) is 3. The van der Waals surface area contributed by atoms with Crippen LogP contribution in [0.1, 0.15) is 25.8 Å². The Labute approximate surface area is 118 Å². The van der Waals surface area contributed by atoms with Gasteiger partial charge in [0.05, 0.1) is 7.57 Å². The van der Waals surface area contributed by atoms with Crippen LogP contribution in [0.5, 0.6) is 0 Å². The van der Waals surface area contributed by atoms with Crippen molar-refractivity contribution in [2.45, 2.75) is 32.9 Å². The first-order chi connectivity index (χ1) is 7.59. The van der Waals surface area contributed by atoms with Gasteiger partial charge >= 0.3 is 0 Å². The zero-order valence-electron chi connectivity index (χ0n) is 9.65. The molecule has 0 aromatic carbocycles. The largest absolute Gasteiger partial charge is 0.314 e. The van der Waals surface area contributed by atoms with Gasteiger partial charge in [-0.25, -0.2) is 0 Å². The Morgan fingerprint density at radius 1 is 1.31 bits per heavy atom. The van der Waals surface area contributed by atoms with Crippen molar-refractivity contribution in [2.24, 2.45) is 0 Å². The Balaban J connectivity index is 2.09. The predicted molar refractivity (Wildman–Crippen MR) is 79.2 cm³/mol. The summed E-state index contributed by atoms with van der Waals surface area (Å²) in [7, 11) is 0. The minimum atomic E-state index is 0.585. The molecule has 1 rings (SSSR count). The molecule has 0 radical (unpaired) electrons. The van der Waals surface area contributed by atoms with Gasteiger partial charge in [0.1, 0.15) is 0 Å². The van der Waals surface area contributed by atoms with Crippen LogP contribution in [0.15, 0.2) is 13.6 Å². The topological polar surface area (TPSA) is 24.1 Å². The lowest BCUT2D eigenvalue weighted by atomic mass is 10.3. The maximum absolute atomic E-state index is 3.56. The molecule has 0 aliphatic heterocycles. The first-order valence-corrected chi connectivity index (χ1v) is 7.87. The molecule has 0 saturated heterocycles. The zero-order valence-corrected chi connectivity index (χ0v) is 13.6. The minimum Gasteiger partial charge on any atom is -0.314 e. The van der Waals surface area contributed by atoms with Crippen molar-refractivity contribution >= 4 is 43.2 Å². The number of thiophene rings is 1. The van der Waals surface area contributed by atoms with Gasteiger partial charge in [0.15, 0.2) is 0 Å². The highest BCUT2D eigenvalue weighted by atomic mass is 79.9. The molecule has 0 amide bonds. The third-order valence-corrected chi connectivity index (χ3v) is 4.59. The SMILES string of the molecule is CC(C)NCCCNCc1cc(Br)sc1Br. The van der Waals surface area contributed by atoms with Gasteiger partial charge in [-0.15, -0.1) is 11.3 Å². The fourth-order valence-electron chi connectivity index (χ4n) is 1.32. The smallest absolute Gasteiger partial charge is 0.0755 e. The number of hydrogen-bond donors (Lipinski definition) is 2. The third-order valence-electron chi connectivity index (χ3n) is 2.13. The first-order valence-electron chi connectivity index (χ1n) is 5.47. The van der Waals surface area contributed by atoms with E-state index in [0.29, 0.717) is 6.04 Å². The standard InChI is InChI=1S/C11H18Br2N2S/c1-8(2)15-5-3-4-14-7-9-6-10(12)16-11(9)13/h6,8,14-15H,3-5,7H2,1-2H3. The van der Waals surface area contributed by atoms with Crippen molar-refractivity contribution < 1.29 is 0 Å². The second-order valence-electron chi connectivity index (χ2n) is 3.99. The van der Waals surface area contributed by atoms with Crippen molar-refractivity contribution in [1.29, 1.82) is 0 Å². The Morgan fingerprint density at radius 3 is 2.62 bits per heavy atom. The summed E-state index contributed by atoms with van der Waals surface area (Å²) >= 11 is 8.76. The highest BCUT2D eigenvalue weighted by Crippen LogP contribution is 2.31. The van der Waals surface area contributed by atoms with Crippen molar-refractivity contribution in [1.82, 2.24) is 10.6 Å². The summed E-state index contributed by atoms with van der Waals surface area (Å²) in [6.45, 7) is 7.42. The van der Waals surface area contributed by atoms with Crippen LogP contribution in [0.4, 0.5) is 0 Å². The molecule has 16 heavy (non-hydrogen) atoms. The van der Waals surface area contributed by atoms with Gasteiger partial charge in [-0.3, -0.25) is 0 Å². The normalized spacial score (nSPS) is 11.3. The fourth-order valence-corrected chi connectivity index (χ4v) is 4.15. The number of rotatable bonds is 7. The monoisotopic (exact) mass is 368 g/mol. The van der Waals surface area contributed by atoms with E-state index in [4.69, 9.17) is 0 Å². The van der Waals surface area contributed by atoms with Crippen molar-refractivity contribution in [2.75, 3.05) is 13.1 Å². The average Bonchev–Trinajstić information content (AvgIpc) is 2.50. The summed E-state index contributed by atoms with van der Waals surface area (Å²) in [5.41, 5.74) is 1.33. The van der Waals surface area contributed by atoms with Gasteiger partial charge in [-0.05, 0) is 63.0 Å². The van der Waals surface area contributed by atoms with Crippen LogP contribution in [0.3, 0.4) is 0 Å². The molecule has 1 aromatic rings. The maximum atomic E-state index is 3.56. The summed E-state index contributed by atoms with van der Waals surface area (Å²) in [6, 6.07) is 2.75. The number of halogens is 2. The Hall–Kier alpha value is 0.580. The Morgan fingerprint density at radius 2 is 2.06 bits per heavy atom. The molecule has 1 heterocycles. The summed E-state index contributed by atoms with van der Waals surface area (Å²) in [4.78, 5) is 0. The minimum absolute atomic E-state index is 0.585. The van der Waals surface area contributed by atoms with Crippen LogP contribution in [-0.4, -0.2) is 19.1 Å². The van der Waals surface area contributed by atoms with E-state index in [1.807, 2.05) is 0 Å². The van der Waals surface area contributed by atoms with Crippen molar-refractivity contribution in [3.8, 4) is 0 Å². The van der Waals surface area contributed by atoms with Crippen LogP contribution in [0.25, 0.3) is 0 Å². The summed E-state index contributed by atoms with van der Waals surface area (Å²) in [6.07, 6.45) is 1.17. The molecule has 2 N–H and O–H groups in total. The molecule has 2 nitrogen and oxygen atoms in total. The molecule has 1 aromatic heterocycles. The molecule has 5 heteroatoms. The molecule has 92 valence electrons. The summed E-state index contributed by atoms with van der Waals surface area (Å²) in [5, 5.41) is 6.85. The van der Waals surface area contributed by atoms with E-state index in [-0.39, 0.29) is 0 Å². The lowest BCUT2D eigenvalue weighted by molar-refractivity contribution is 0.547. The number of nitrogens with one attached hydrogen (secondary N) is 2. The molecule has 0 fully saturated rings. The predicted octanol–water partition coefficient (Wildman–Crippen LogP) is 3.75. The van der Waals surface area contributed by atoms with E-state index >= 15 is 0 Å². The first kappa shape index (κ1) is 14.6. The highest BCUT2D eigenvalue weighted by Gasteiger charge is 2.03. The molecule has 0 unspecified atom stereocenters. The van der Waals surface area contributed by atoms with Crippen molar-refractivity contribution in [3.05, 3.63) is 19.2 Å².